The molecule has 128 valence electrons. The Bertz CT molecular complexity index is 658. The van der Waals surface area contributed by atoms with Crippen LogP contribution in [-0.2, 0) is 13.0 Å². The standard InChI is InChI=1S/C19H24ClN3O/c20-17-6-1-15(2-7-17)13-23-11-9-14(10-12-23)3-8-18-21-19(24-22-18)16-4-5-16/h1-2,6-7,14,16H,3-5,8-13H2. The van der Waals surface area contributed by atoms with E-state index in [1.807, 2.05) is 12.1 Å². The molecule has 2 aliphatic rings. The van der Waals surface area contributed by atoms with Crippen LogP contribution >= 0.6 is 11.6 Å². The average Bonchev–Trinajstić information content (AvgIpc) is 3.35. The van der Waals surface area contributed by atoms with Crippen LogP contribution in [0.3, 0.4) is 0 Å². The normalized spacial score (nSPS) is 19.7. The third-order valence-corrected chi connectivity index (χ3v) is 5.47. The summed E-state index contributed by atoms with van der Waals surface area (Å²) in [4.78, 5) is 7.08. The van der Waals surface area contributed by atoms with E-state index in [0.717, 1.165) is 35.6 Å². The fourth-order valence-corrected chi connectivity index (χ4v) is 3.61. The van der Waals surface area contributed by atoms with Crippen LogP contribution in [0.5, 0.6) is 0 Å². The van der Waals surface area contributed by atoms with Crippen LogP contribution in [0, 0.1) is 5.92 Å². The highest BCUT2D eigenvalue weighted by molar-refractivity contribution is 6.30. The minimum atomic E-state index is 0.558. The Kier molecular flexibility index (Phi) is 4.86. The summed E-state index contributed by atoms with van der Waals surface area (Å²) in [6.07, 6.45) is 7.10. The predicted octanol–water partition coefficient (Wildman–Crippen LogP) is 4.45. The van der Waals surface area contributed by atoms with E-state index in [1.54, 1.807) is 0 Å². The first-order valence-corrected chi connectivity index (χ1v) is 9.43. The number of aryl methyl sites for hydroxylation is 1. The molecule has 0 bridgehead atoms. The summed E-state index contributed by atoms with van der Waals surface area (Å²) in [7, 11) is 0. The summed E-state index contributed by atoms with van der Waals surface area (Å²) in [5, 5.41) is 4.94. The van der Waals surface area contributed by atoms with Gasteiger partial charge in [-0.1, -0.05) is 28.9 Å². The summed E-state index contributed by atoms with van der Waals surface area (Å²) in [6.45, 7) is 3.37. The summed E-state index contributed by atoms with van der Waals surface area (Å²) >= 11 is 5.95. The van der Waals surface area contributed by atoms with Gasteiger partial charge in [-0.15, -0.1) is 0 Å². The molecule has 1 saturated heterocycles. The molecule has 4 rings (SSSR count). The van der Waals surface area contributed by atoms with Gasteiger partial charge in [0, 0.05) is 23.9 Å². The molecule has 0 spiro atoms. The van der Waals surface area contributed by atoms with Crippen LogP contribution in [0.1, 0.15) is 55.3 Å². The zero-order valence-electron chi connectivity index (χ0n) is 14.0. The second kappa shape index (κ2) is 7.24. The zero-order valence-corrected chi connectivity index (χ0v) is 14.7. The third-order valence-electron chi connectivity index (χ3n) is 5.21. The lowest BCUT2D eigenvalue weighted by Crippen LogP contribution is -2.33. The molecule has 1 aromatic carbocycles. The molecule has 0 amide bonds. The van der Waals surface area contributed by atoms with Crippen LogP contribution in [0.25, 0.3) is 0 Å². The number of hydrogen-bond donors (Lipinski definition) is 0. The van der Waals surface area contributed by atoms with Gasteiger partial charge in [-0.3, -0.25) is 4.90 Å². The number of hydrogen-bond acceptors (Lipinski definition) is 4. The largest absolute Gasteiger partial charge is 0.339 e. The van der Waals surface area contributed by atoms with E-state index < -0.39 is 0 Å². The average molecular weight is 346 g/mol. The van der Waals surface area contributed by atoms with Crippen molar-refractivity contribution >= 4 is 11.6 Å². The molecule has 0 radical (unpaired) electrons. The minimum Gasteiger partial charge on any atom is -0.339 e. The number of aromatic nitrogens is 2. The smallest absolute Gasteiger partial charge is 0.229 e. The van der Waals surface area contributed by atoms with Crippen molar-refractivity contribution in [1.82, 2.24) is 15.0 Å². The van der Waals surface area contributed by atoms with Gasteiger partial charge in [0.15, 0.2) is 5.82 Å². The summed E-state index contributed by atoms with van der Waals surface area (Å²) < 4.78 is 5.34. The first-order chi connectivity index (χ1) is 11.8. The van der Waals surface area contributed by atoms with Gasteiger partial charge in [-0.25, -0.2) is 0 Å². The Morgan fingerprint density at radius 2 is 1.83 bits per heavy atom. The van der Waals surface area contributed by atoms with Gasteiger partial charge in [-0.05, 0) is 68.8 Å². The first-order valence-electron chi connectivity index (χ1n) is 9.05. The number of piperidine rings is 1. The number of rotatable bonds is 6. The Hall–Kier alpha value is -1.39. The quantitative estimate of drug-likeness (QED) is 0.776. The van der Waals surface area contributed by atoms with Crippen molar-refractivity contribution in [3.05, 3.63) is 46.6 Å². The van der Waals surface area contributed by atoms with Crippen LogP contribution in [0.2, 0.25) is 5.02 Å². The second-order valence-electron chi connectivity index (χ2n) is 7.21. The molecular formula is C19H24ClN3O. The van der Waals surface area contributed by atoms with E-state index in [4.69, 9.17) is 16.1 Å². The molecule has 1 aliphatic heterocycles. The van der Waals surface area contributed by atoms with Crippen LogP contribution < -0.4 is 0 Å². The molecule has 4 nitrogen and oxygen atoms in total. The van der Waals surface area contributed by atoms with Gasteiger partial charge < -0.3 is 4.52 Å². The molecule has 1 aliphatic carbocycles. The lowest BCUT2D eigenvalue weighted by molar-refractivity contribution is 0.172. The van der Waals surface area contributed by atoms with E-state index in [9.17, 15) is 0 Å². The number of halogens is 1. The van der Waals surface area contributed by atoms with Crippen LogP contribution in [0.4, 0.5) is 0 Å². The van der Waals surface area contributed by atoms with Crippen molar-refractivity contribution < 1.29 is 4.52 Å². The van der Waals surface area contributed by atoms with Crippen molar-refractivity contribution in [3.8, 4) is 0 Å². The van der Waals surface area contributed by atoms with Gasteiger partial charge in [0.2, 0.25) is 5.89 Å². The fraction of sp³-hybridized carbons (Fsp3) is 0.579. The Balaban J connectivity index is 1.20. The van der Waals surface area contributed by atoms with Gasteiger partial charge in [-0.2, -0.15) is 4.98 Å². The maximum absolute atomic E-state index is 5.95. The van der Waals surface area contributed by atoms with Gasteiger partial charge in [0.25, 0.3) is 0 Å². The molecule has 5 heteroatoms. The van der Waals surface area contributed by atoms with E-state index >= 15 is 0 Å². The van der Waals surface area contributed by atoms with E-state index in [2.05, 4.69) is 27.2 Å². The summed E-state index contributed by atoms with van der Waals surface area (Å²) in [5.74, 6) is 3.11. The highest BCUT2D eigenvalue weighted by atomic mass is 35.5. The SMILES string of the molecule is Clc1ccc(CN2CCC(CCc3noc(C4CC4)n3)CC2)cc1. The molecule has 2 aromatic rings. The molecule has 0 N–H and O–H groups in total. The van der Waals surface area contributed by atoms with Crippen molar-refractivity contribution in [3.63, 3.8) is 0 Å². The van der Waals surface area contributed by atoms with Crippen molar-refractivity contribution in [1.29, 1.82) is 0 Å². The highest BCUT2D eigenvalue weighted by Gasteiger charge is 2.29. The fourth-order valence-electron chi connectivity index (χ4n) is 3.48. The molecule has 24 heavy (non-hydrogen) atoms. The number of nitrogens with zero attached hydrogens (tertiary/aromatic N) is 3. The van der Waals surface area contributed by atoms with E-state index in [-0.39, 0.29) is 0 Å². The molecule has 0 atom stereocenters. The molecule has 1 aromatic heterocycles. The maximum Gasteiger partial charge on any atom is 0.229 e. The predicted molar refractivity (Wildman–Crippen MR) is 94.0 cm³/mol. The molecule has 1 saturated carbocycles. The second-order valence-corrected chi connectivity index (χ2v) is 7.64. The summed E-state index contributed by atoms with van der Waals surface area (Å²) in [5.41, 5.74) is 1.34. The Morgan fingerprint density at radius 3 is 2.54 bits per heavy atom. The highest BCUT2D eigenvalue weighted by Crippen LogP contribution is 2.39. The third kappa shape index (κ3) is 4.17. The summed E-state index contributed by atoms with van der Waals surface area (Å²) in [6, 6.07) is 8.21. The van der Waals surface area contributed by atoms with Gasteiger partial charge in [0.05, 0.1) is 0 Å². The maximum atomic E-state index is 5.95. The lowest BCUT2D eigenvalue weighted by atomic mass is 9.92. The molecule has 0 unspecified atom stereocenters. The Labute approximate surface area is 148 Å². The lowest BCUT2D eigenvalue weighted by Gasteiger charge is -2.31. The van der Waals surface area contributed by atoms with Crippen LogP contribution in [-0.4, -0.2) is 28.1 Å². The molecular weight excluding hydrogens is 322 g/mol. The van der Waals surface area contributed by atoms with Crippen molar-refractivity contribution in [2.24, 2.45) is 5.92 Å². The van der Waals surface area contributed by atoms with Gasteiger partial charge in [0.1, 0.15) is 0 Å². The Morgan fingerprint density at radius 1 is 1.08 bits per heavy atom. The zero-order chi connectivity index (χ0) is 16.4. The van der Waals surface area contributed by atoms with Crippen LogP contribution in [0.15, 0.2) is 28.8 Å². The minimum absolute atomic E-state index is 0.558. The first kappa shape index (κ1) is 16.1. The topological polar surface area (TPSA) is 42.2 Å². The monoisotopic (exact) mass is 345 g/mol. The van der Waals surface area contributed by atoms with Gasteiger partial charge >= 0.3 is 0 Å². The van der Waals surface area contributed by atoms with E-state index in [0.29, 0.717) is 5.92 Å². The van der Waals surface area contributed by atoms with Crippen molar-refractivity contribution in [2.75, 3.05) is 13.1 Å². The molecule has 2 heterocycles. The number of likely N-dealkylation sites (tertiary alicyclic amines) is 1. The number of benzene rings is 1. The van der Waals surface area contributed by atoms with E-state index in [1.165, 1.54) is 50.8 Å². The molecule has 2 fully saturated rings. The van der Waals surface area contributed by atoms with Crippen molar-refractivity contribution in [2.45, 2.75) is 51.0 Å².